The van der Waals surface area contributed by atoms with Crippen molar-refractivity contribution in [2.75, 3.05) is 0 Å². The van der Waals surface area contributed by atoms with Gasteiger partial charge in [0, 0.05) is 21.2 Å². The summed E-state index contributed by atoms with van der Waals surface area (Å²) < 4.78 is 14.5. The van der Waals surface area contributed by atoms with E-state index in [4.69, 9.17) is 23.2 Å². The fraction of sp³-hybridized carbons (Fsp3) is 0.211. The number of carbonyl (C=O) groups is 1. The number of nitrogens with one attached hydrogen (secondary N) is 1. The predicted molar refractivity (Wildman–Crippen MR) is 104 cm³/mol. The first-order valence-electron chi connectivity index (χ1n) is 8.36. The number of hydrogen-bond acceptors (Lipinski definition) is 4. The van der Waals surface area contributed by atoms with Gasteiger partial charge in [0.2, 0.25) is 0 Å². The van der Waals surface area contributed by atoms with Gasteiger partial charge >= 0.3 is 0 Å². The highest BCUT2D eigenvalue weighted by atomic mass is 35.5. The van der Waals surface area contributed by atoms with Crippen molar-refractivity contribution >= 4 is 29.1 Å². The lowest BCUT2D eigenvalue weighted by Crippen LogP contribution is -2.51. The third-order valence-electron chi connectivity index (χ3n) is 4.44. The van der Waals surface area contributed by atoms with E-state index in [1.54, 1.807) is 19.1 Å². The molecule has 1 aromatic heterocycles. The molecule has 2 aromatic carbocycles. The molecule has 146 valence electrons. The highest BCUT2D eigenvalue weighted by Crippen LogP contribution is 2.34. The summed E-state index contributed by atoms with van der Waals surface area (Å²) in [5, 5.41) is 19.0. The van der Waals surface area contributed by atoms with E-state index in [2.05, 4.69) is 15.4 Å². The molecule has 2 N–H and O–H groups in total. The number of aromatic nitrogens is 3. The van der Waals surface area contributed by atoms with E-state index in [0.29, 0.717) is 10.6 Å². The van der Waals surface area contributed by atoms with Crippen molar-refractivity contribution in [2.45, 2.75) is 25.1 Å². The Morgan fingerprint density at radius 2 is 2.00 bits per heavy atom. The summed E-state index contributed by atoms with van der Waals surface area (Å²) in [6, 6.07) is 9.04. The molecular formula is C19H17Cl2FN4O2. The molecule has 1 heterocycles. The van der Waals surface area contributed by atoms with Crippen LogP contribution < -0.4 is 5.32 Å². The van der Waals surface area contributed by atoms with Gasteiger partial charge in [0.25, 0.3) is 5.91 Å². The predicted octanol–water partition coefficient (Wildman–Crippen LogP) is 3.43. The summed E-state index contributed by atoms with van der Waals surface area (Å²) in [6.07, 6.45) is 2.79. The van der Waals surface area contributed by atoms with Crippen molar-refractivity contribution < 1.29 is 14.3 Å². The summed E-state index contributed by atoms with van der Waals surface area (Å²) in [5.74, 6) is -0.908. The lowest BCUT2D eigenvalue weighted by molar-refractivity contribution is -0.0155. The lowest BCUT2D eigenvalue weighted by atomic mass is 9.86. The van der Waals surface area contributed by atoms with E-state index in [1.165, 1.54) is 47.7 Å². The maximum Gasteiger partial charge on any atom is 0.251 e. The SMILES string of the molecule is CC(NC(=O)c1ccc(F)cc1)C(O)(Cn1cncn1)c1ccc(Cl)cc1Cl. The first kappa shape index (κ1) is 20.3. The van der Waals surface area contributed by atoms with E-state index in [9.17, 15) is 14.3 Å². The normalized spacial score (nSPS) is 14.3. The maximum atomic E-state index is 13.1. The molecule has 2 unspecified atom stereocenters. The van der Waals surface area contributed by atoms with E-state index in [-0.39, 0.29) is 17.1 Å². The van der Waals surface area contributed by atoms with Crippen LogP contribution in [0.2, 0.25) is 10.0 Å². The number of halogens is 3. The van der Waals surface area contributed by atoms with Gasteiger partial charge in [-0.05, 0) is 43.3 Å². The molecule has 28 heavy (non-hydrogen) atoms. The molecule has 0 aliphatic carbocycles. The summed E-state index contributed by atoms with van der Waals surface area (Å²) in [5.41, 5.74) is -0.982. The van der Waals surface area contributed by atoms with Gasteiger partial charge in [0.05, 0.1) is 12.6 Å². The van der Waals surface area contributed by atoms with Crippen molar-refractivity contribution in [2.24, 2.45) is 0 Å². The smallest absolute Gasteiger partial charge is 0.251 e. The van der Waals surface area contributed by atoms with Gasteiger partial charge in [-0.3, -0.25) is 4.79 Å². The molecule has 3 rings (SSSR count). The second-order valence-corrected chi connectivity index (χ2v) is 7.19. The molecule has 0 radical (unpaired) electrons. The summed E-state index contributed by atoms with van der Waals surface area (Å²) >= 11 is 12.3. The number of aliphatic hydroxyl groups is 1. The molecule has 3 aromatic rings. The zero-order valence-corrected chi connectivity index (χ0v) is 16.3. The number of amides is 1. The van der Waals surface area contributed by atoms with E-state index in [0.717, 1.165) is 0 Å². The van der Waals surface area contributed by atoms with Gasteiger partial charge in [0.15, 0.2) is 0 Å². The van der Waals surface area contributed by atoms with Crippen LogP contribution in [0.4, 0.5) is 4.39 Å². The number of hydrogen-bond donors (Lipinski definition) is 2. The Bertz CT molecular complexity index is 967. The lowest BCUT2D eigenvalue weighted by Gasteiger charge is -2.35. The minimum atomic E-state index is -1.62. The Morgan fingerprint density at radius 1 is 1.29 bits per heavy atom. The molecule has 0 saturated heterocycles. The molecular weight excluding hydrogens is 406 g/mol. The molecule has 0 aliphatic rings. The second-order valence-electron chi connectivity index (χ2n) is 6.34. The standard InChI is InChI=1S/C19H17Cl2FN4O2/c1-12(25-18(27)13-2-5-15(22)6-3-13)19(28,9-26-11-23-10-24-26)16-7-4-14(20)8-17(16)21/h2-8,10-12,28H,9H2,1H3,(H,25,27). The molecule has 6 nitrogen and oxygen atoms in total. The van der Waals surface area contributed by atoms with E-state index >= 15 is 0 Å². The van der Waals surface area contributed by atoms with Crippen LogP contribution in [0.5, 0.6) is 0 Å². The topological polar surface area (TPSA) is 80.0 Å². The Morgan fingerprint density at radius 3 is 2.61 bits per heavy atom. The average molecular weight is 423 g/mol. The van der Waals surface area contributed by atoms with Crippen LogP contribution in [0.15, 0.2) is 55.1 Å². The molecule has 0 fully saturated rings. The Hall–Kier alpha value is -2.48. The van der Waals surface area contributed by atoms with Gasteiger partial charge in [0.1, 0.15) is 24.1 Å². The van der Waals surface area contributed by atoms with Crippen molar-refractivity contribution in [3.05, 3.63) is 82.1 Å². The zero-order valence-electron chi connectivity index (χ0n) is 14.8. The van der Waals surface area contributed by atoms with Gasteiger partial charge in [-0.15, -0.1) is 0 Å². The van der Waals surface area contributed by atoms with Gasteiger partial charge in [-0.2, -0.15) is 5.10 Å². The van der Waals surface area contributed by atoms with Crippen molar-refractivity contribution in [3.8, 4) is 0 Å². The highest BCUT2D eigenvalue weighted by molar-refractivity contribution is 6.35. The molecule has 0 bridgehead atoms. The van der Waals surface area contributed by atoms with Crippen molar-refractivity contribution in [3.63, 3.8) is 0 Å². The molecule has 1 amide bonds. The molecule has 2 atom stereocenters. The van der Waals surface area contributed by atoms with Gasteiger partial charge in [-0.25, -0.2) is 14.1 Å². The van der Waals surface area contributed by atoms with Gasteiger partial charge < -0.3 is 10.4 Å². The van der Waals surface area contributed by atoms with E-state index < -0.39 is 23.4 Å². The summed E-state index contributed by atoms with van der Waals surface area (Å²) in [7, 11) is 0. The molecule has 9 heteroatoms. The minimum absolute atomic E-state index is 0.0147. The Labute approximate surface area is 170 Å². The Kier molecular flexibility index (Phi) is 5.98. The highest BCUT2D eigenvalue weighted by Gasteiger charge is 2.39. The van der Waals surface area contributed by atoms with Crippen LogP contribution in [0.25, 0.3) is 0 Å². The van der Waals surface area contributed by atoms with Crippen LogP contribution in [-0.4, -0.2) is 31.8 Å². The summed E-state index contributed by atoms with van der Waals surface area (Å²) in [4.78, 5) is 16.4. The fourth-order valence-corrected chi connectivity index (χ4v) is 3.43. The van der Waals surface area contributed by atoms with Gasteiger partial charge in [-0.1, -0.05) is 29.3 Å². The molecule has 0 aliphatic heterocycles. The first-order valence-corrected chi connectivity index (χ1v) is 9.12. The van der Waals surface area contributed by atoms with Crippen LogP contribution >= 0.6 is 23.2 Å². The second kappa shape index (κ2) is 8.26. The number of benzene rings is 2. The minimum Gasteiger partial charge on any atom is -0.381 e. The Balaban J connectivity index is 1.93. The van der Waals surface area contributed by atoms with Crippen LogP contribution in [0.3, 0.4) is 0 Å². The summed E-state index contributed by atoms with van der Waals surface area (Å²) in [6.45, 7) is 1.63. The fourth-order valence-electron chi connectivity index (χ4n) is 2.86. The monoisotopic (exact) mass is 422 g/mol. The third kappa shape index (κ3) is 4.32. The largest absolute Gasteiger partial charge is 0.381 e. The first-order chi connectivity index (χ1) is 13.3. The molecule has 0 spiro atoms. The number of carbonyl (C=O) groups excluding carboxylic acids is 1. The van der Waals surface area contributed by atoms with Crippen LogP contribution in [0.1, 0.15) is 22.8 Å². The van der Waals surface area contributed by atoms with Crippen molar-refractivity contribution in [1.82, 2.24) is 20.1 Å². The quantitative estimate of drug-likeness (QED) is 0.637. The number of rotatable bonds is 6. The van der Waals surface area contributed by atoms with E-state index in [1.807, 2.05) is 0 Å². The zero-order chi connectivity index (χ0) is 20.3. The van der Waals surface area contributed by atoms with Crippen LogP contribution in [0, 0.1) is 5.82 Å². The van der Waals surface area contributed by atoms with Crippen molar-refractivity contribution in [1.29, 1.82) is 0 Å². The van der Waals surface area contributed by atoms with Crippen LogP contribution in [-0.2, 0) is 12.1 Å². The maximum absolute atomic E-state index is 13.1. The number of nitrogens with zero attached hydrogens (tertiary/aromatic N) is 3. The average Bonchev–Trinajstić information content (AvgIpc) is 3.14. The third-order valence-corrected chi connectivity index (χ3v) is 4.99. The molecule has 0 saturated carbocycles.